The summed E-state index contributed by atoms with van der Waals surface area (Å²) in [5.74, 6) is -0.116. The molecule has 132 valence electrons. The molecule has 0 bridgehead atoms. The van der Waals surface area contributed by atoms with Gasteiger partial charge in [0.15, 0.2) is 5.69 Å². The van der Waals surface area contributed by atoms with E-state index in [2.05, 4.69) is 10.3 Å². The van der Waals surface area contributed by atoms with Crippen LogP contribution in [0.3, 0.4) is 0 Å². The summed E-state index contributed by atoms with van der Waals surface area (Å²) in [7, 11) is 0. The molecule has 0 atom stereocenters. The van der Waals surface area contributed by atoms with E-state index in [0.717, 1.165) is 36.1 Å². The van der Waals surface area contributed by atoms with Crippen molar-refractivity contribution < 1.29 is 4.79 Å². The number of hydrogen-bond acceptors (Lipinski definition) is 3. The van der Waals surface area contributed by atoms with Crippen molar-refractivity contribution in [2.24, 2.45) is 0 Å². The van der Waals surface area contributed by atoms with Crippen LogP contribution in [0.2, 0.25) is 5.02 Å². The van der Waals surface area contributed by atoms with Crippen molar-refractivity contribution in [3.8, 4) is 0 Å². The minimum atomic E-state index is -0.116. The van der Waals surface area contributed by atoms with E-state index in [1.54, 1.807) is 15.8 Å². The highest BCUT2D eigenvalue weighted by Crippen LogP contribution is 2.29. The quantitative estimate of drug-likeness (QED) is 0.705. The Balaban J connectivity index is 1.58. The Bertz CT molecular complexity index is 923. The molecule has 1 amide bonds. The van der Waals surface area contributed by atoms with Crippen LogP contribution >= 0.6 is 11.6 Å². The fraction of sp³-hybridized carbons (Fsp3) is 0.250. The lowest BCUT2D eigenvalue weighted by Crippen LogP contribution is -2.32. The zero-order valence-corrected chi connectivity index (χ0v) is 15.1. The van der Waals surface area contributed by atoms with E-state index < -0.39 is 0 Å². The van der Waals surface area contributed by atoms with Gasteiger partial charge in [0.2, 0.25) is 0 Å². The number of rotatable bonds is 3. The van der Waals surface area contributed by atoms with Gasteiger partial charge in [-0.05, 0) is 48.6 Å². The van der Waals surface area contributed by atoms with Gasteiger partial charge in [0.05, 0.1) is 12.7 Å². The zero-order valence-electron chi connectivity index (χ0n) is 14.3. The first kappa shape index (κ1) is 16.8. The van der Waals surface area contributed by atoms with Crippen LogP contribution in [-0.4, -0.2) is 27.4 Å². The Kier molecular flexibility index (Phi) is 4.71. The van der Waals surface area contributed by atoms with Crippen LogP contribution in [0, 0.1) is 0 Å². The number of carbonyl (C=O) groups is 1. The largest absolute Gasteiger partial charge is 0.307 e. The number of aryl methyl sites for hydroxylation is 1. The molecule has 0 fully saturated rings. The third kappa shape index (κ3) is 3.48. The average molecular weight is 367 g/mol. The molecule has 0 saturated heterocycles. The number of halogens is 1. The summed E-state index contributed by atoms with van der Waals surface area (Å²) < 4.78 is 1.70. The van der Waals surface area contributed by atoms with Crippen molar-refractivity contribution in [1.82, 2.24) is 15.0 Å². The summed E-state index contributed by atoms with van der Waals surface area (Å²) >= 11 is 6.13. The second kappa shape index (κ2) is 7.30. The van der Waals surface area contributed by atoms with Crippen LogP contribution in [0.4, 0.5) is 5.69 Å². The van der Waals surface area contributed by atoms with Crippen LogP contribution in [0.5, 0.6) is 0 Å². The lowest BCUT2D eigenvalue weighted by atomic mass is 10.1. The first-order chi connectivity index (χ1) is 12.7. The molecule has 2 heterocycles. The molecule has 0 N–H and O–H groups in total. The molecule has 26 heavy (non-hydrogen) atoms. The molecule has 3 aromatic rings. The summed E-state index contributed by atoms with van der Waals surface area (Å²) in [6, 6.07) is 15.7. The number of aromatic nitrogens is 3. The number of benzene rings is 2. The first-order valence-electron chi connectivity index (χ1n) is 8.75. The van der Waals surface area contributed by atoms with Crippen molar-refractivity contribution >= 4 is 23.2 Å². The summed E-state index contributed by atoms with van der Waals surface area (Å²) in [6.45, 7) is 1.27. The Morgan fingerprint density at radius 1 is 1.12 bits per heavy atom. The molecule has 0 aliphatic carbocycles. The summed E-state index contributed by atoms with van der Waals surface area (Å²) in [6.07, 6.45) is 4.64. The van der Waals surface area contributed by atoms with Gasteiger partial charge in [0.1, 0.15) is 0 Å². The smallest absolute Gasteiger partial charge is 0.280 e. The maximum absolute atomic E-state index is 13.0. The van der Waals surface area contributed by atoms with Gasteiger partial charge in [-0.25, -0.2) is 4.68 Å². The van der Waals surface area contributed by atoms with Gasteiger partial charge in [0, 0.05) is 17.3 Å². The molecule has 0 unspecified atom stereocenters. The fourth-order valence-electron chi connectivity index (χ4n) is 3.32. The van der Waals surface area contributed by atoms with E-state index in [4.69, 9.17) is 11.6 Å². The molecular weight excluding hydrogens is 348 g/mol. The van der Waals surface area contributed by atoms with Crippen molar-refractivity contribution in [2.45, 2.75) is 25.8 Å². The van der Waals surface area contributed by atoms with Crippen LogP contribution in [0.25, 0.3) is 0 Å². The van der Waals surface area contributed by atoms with E-state index in [1.165, 1.54) is 0 Å². The third-order valence-electron chi connectivity index (χ3n) is 4.60. The van der Waals surface area contributed by atoms with Crippen molar-refractivity contribution in [1.29, 1.82) is 0 Å². The number of fused-ring (bicyclic) bond motifs is 1. The molecule has 6 heteroatoms. The highest BCUT2D eigenvalue weighted by Gasteiger charge is 2.24. The molecule has 2 aromatic carbocycles. The van der Waals surface area contributed by atoms with E-state index in [9.17, 15) is 4.79 Å². The highest BCUT2D eigenvalue weighted by atomic mass is 35.5. The molecule has 5 nitrogen and oxygen atoms in total. The zero-order chi connectivity index (χ0) is 17.9. The second-order valence-electron chi connectivity index (χ2n) is 6.47. The average Bonchev–Trinajstić information content (AvgIpc) is 3.01. The maximum atomic E-state index is 13.0. The lowest BCUT2D eigenvalue weighted by Gasteiger charge is -2.21. The van der Waals surface area contributed by atoms with E-state index in [1.807, 2.05) is 48.5 Å². The van der Waals surface area contributed by atoms with Crippen molar-refractivity contribution in [3.05, 3.63) is 76.6 Å². The van der Waals surface area contributed by atoms with E-state index >= 15 is 0 Å². The Morgan fingerprint density at radius 3 is 2.81 bits per heavy atom. The van der Waals surface area contributed by atoms with Crippen LogP contribution < -0.4 is 4.90 Å². The predicted molar refractivity (Wildman–Crippen MR) is 102 cm³/mol. The van der Waals surface area contributed by atoms with Gasteiger partial charge in [0.25, 0.3) is 5.91 Å². The molecule has 0 spiro atoms. The minimum absolute atomic E-state index is 0.116. The number of carbonyl (C=O) groups excluding carboxylic acids is 1. The van der Waals surface area contributed by atoms with Gasteiger partial charge in [-0.15, -0.1) is 5.10 Å². The Morgan fingerprint density at radius 2 is 1.96 bits per heavy atom. The normalized spacial score (nSPS) is 14.0. The van der Waals surface area contributed by atoms with Crippen molar-refractivity contribution in [3.63, 3.8) is 0 Å². The predicted octanol–water partition coefficient (Wildman–Crippen LogP) is 3.96. The molecular formula is C20H19ClN4O. The number of anilines is 1. The maximum Gasteiger partial charge on any atom is 0.280 e. The van der Waals surface area contributed by atoms with Crippen LogP contribution in [0.15, 0.2) is 54.7 Å². The first-order valence-corrected chi connectivity index (χ1v) is 9.13. The summed E-state index contributed by atoms with van der Waals surface area (Å²) in [4.78, 5) is 14.8. The van der Waals surface area contributed by atoms with Gasteiger partial charge >= 0.3 is 0 Å². The van der Waals surface area contributed by atoms with Gasteiger partial charge in [-0.3, -0.25) is 4.79 Å². The molecule has 1 aromatic heterocycles. The van der Waals surface area contributed by atoms with Gasteiger partial charge in [-0.2, -0.15) is 0 Å². The summed E-state index contributed by atoms with van der Waals surface area (Å²) in [5, 5.41) is 8.92. The van der Waals surface area contributed by atoms with E-state index in [-0.39, 0.29) is 5.91 Å². The topological polar surface area (TPSA) is 51.0 Å². The molecule has 1 aliphatic heterocycles. The Hall–Kier alpha value is -2.66. The number of amides is 1. The minimum Gasteiger partial charge on any atom is -0.307 e. The number of hydrogen-bond donors (Lipinski definition) is 0. The summed E-state index contributed by atoms with van der Waals surface area (Å²) in [5.41, 5.74) is 3.52. The van der Waals surface area contributed by atoms with Gasteiger partial charge < -0.3 is 4.90 Å². The molecule has 0 saturated carbocycles. The highest BCUT2D eigenvalue weighted by molar-refractivity contribution is 6.30. The monoisotopic (exact) mass is 366 g/mol. The molecule has 1 aliphatic rings. The van der Waals surface area contributed by atoms with Gasteiger partial charge in [-0.1, -0.05) is 47.1 Å². The van der Waals surface area contributed by atoms with Crippen LogP contribution in [-0.2, 0) is 13.0 Å². The Labute approximate surface area is 157 Å². The van der Waals surface area contributed by atoms with Crippen LogP contribution in [0.1, 0.15) is 34.5 Å². The second-order valence-corrected chi connectivity index (χ2v) is 6.91. The third-order valence-corrected chi connectivity index (χ3v) is 4.84. The van der Waals surface area contributed by atoms with E-state index in [0.29, 0.717) is 23.8 Å². The van der Waals surface area contributed by atoms with Crippen molar-refractivity contribution in [2.75, 3.05) is 11.4 Å². The number of nitrogens with zero attached hydrogens (tertiary/aromatic N) is 4. The SMILES string of the molecule is O=C(c1cn(Cc2ccccc2)nn1)N1CCCCc2cc(Cl)ccc21. The lowest BCUT2D eigenvalue weighted by molar-refractivity contribution is 0.0982. The standard InChI is InChI=1S/C20H19ClN4O/c21-17-9-10-19-16(12-17)8-4-5-11-25(19)20(26)18-14-24(23-22-18)13-15-6-2-1-3-7-15/h1-3,6-7,9-10,12,14H,4-5,8,11,13H2. The fourth-order valence-corrected chi connectivity index (χ4v) is 3.51. The molecule has 4 rings (SSSR count). The molecule has 0 radical (unpaired) electrons.